The number of hydrogen-bond acceptors (Lipinski definition) is 9. The lowest BCUT2D eigenvalue weighted by molar-refractivity contribution is 0.300. The van der Waals surface area contributed by atoms with Crippen LogP contribution < -0.4 is 15.8 Å². The maximum absolute atomic E-state index is 11.8. The predicted octanol–water partition coefficient (Wildman–Crippen LogP) is 4.39. The second-order valence-electron chi connectivity index (χ2n) is 7.80. The van der Waals surface area contributed by atoms with E-state index in [1.165, 1.54) is 12.1 Å². The van der Waals surface area contributed by atoms with Crippen molar-refractivity contribution in [1.82, 2.24) is 8.75 Å². The van der Waals surface area contributed by atoms with Gasteiger partial charge in [-0.15, -0.1) is 0 Å². The van der Waals surface area contributed by atoms with Crippen molar-refractivity contribution in [2.45, 2.75) is 38.6 Å². The molecule has 0 fully saturated rings. The molecule has 0 bridgehead atoms. The number of sulfonamides is 1. The Balaban J connectivity index is 1.95. The molecule has 1 aromatic carbocycles. The molecule has 0 spiro atoms. The van der Waals surface area contributed by atoms with E-state index in [2.05, 4.69) is 40.2 Å². The third kappa shape index (κ3) is 4.69. The highest BCUT2D eigenvalue weighted by molar-refractivity contribution is 7.89. The van der Waals surface area contributed by atoms with Crippen LogP contribution in [-0.2, 0) is 10.0 Å². The summed E-state index contributed by atoms with van der Waals surface area (Å²) in [5.74, 6) is 1.65. The Kier molecular flexibility index (Phi) is 6.01. The zero-order valence-electron chi connectivity index (χ0n) is 16.7. The van der Waals surface area contributed by atoms with Gasteiger partial charge in [-0.1, -0.05) is 32.4 Å². The average molecular weight is 472 g/mol. The standard InChI is InChI=1S/C18H22ClN5O4S2/c1-9-5-8-12(28-9)15(18(2,3)4)22-17-16(23-29-24-17)21-11-7-6-10(19)14(13(11)25)30(20,26)27/h5-8,15,25H,1-4H3,(H,21,23)(H,22,24)(H2,20,26,27)/t15-/m0/s1. The second-order valence-corrected chi connectivity index (χ2v) is 10.2. The van der Waals surface area contributed by atoms with E-state index in [1.807, 2.05) is 19.1 Å². The molecule has 12 heteroatoms. The number of phenols is 1. The molecule has 30 heavy (non-hydrogen) atoms. The van der Waals surface area contributed by atoms with Gasteiger partial charge in [-0.3, -0.25) is 0 Å². The molecule has 162 valence electrons. The van der Waals surface area contributed by atoms with Crippen molar-refractivity contribution >= 4 is 50.7 Å². The first-order valence-electron chi connectivity index (χ1n) is 8.84. The molecule has 0 amide bonds. The van der Waals surface area contributed by atoms with E-state index in [4.69, 9.17) is 21.2 Å². The molecule has 1 atom stereocenters. The molecule has 0 saturated heterocycles. The minimum atomic E-state index is -4.23. The number of phenolic OH excluding ortho intramolecular Hbond substituents is 1. The lowest BCUT2D eigenvalue weighted by Crippen LogP contribution is -2.25. The zero-order chi connectivity index (χ0) is 22.3. The van der Waals surface area contributed by atoms with Gasteiger partial charge in [-0.05, 0) is 36.6 Å². The Morgan fingerprint density at radius 3 is 2.43 bits per heavy atom. The van der Waals surface area contributed by atoms with Crippen LogP contribution in [0.15, 0.2) is 33.6 Å². The van der Waals surface area contributed by atoms with Gasteiger partial charge in [0.1, 0.15) is 16.4 Å². The van der Waals surface area contributed by atoms with Gasteiger partial charge in [-0.2, -0.15) is 8.75 Å². The van der Waals surface area contributed by atoms with E-state index >= 15 is 0 Å². The van der Waals surface area contributed by atoms with Crippen molar-refractivity contribution in [3.63, 3.8) is 0 Å². The number of hydrogen-bond donors (Lipinski definition) is 4. The monoisotopic (exact) mass is 471 g/mol. The third-order valence-electron chi connectivity index (χ3n) is 4.30. The SMILES string of the molecule is Cc1ccc([C@H](Nc2nsnc2Nc2ccc(Cl)c(S(N)(=O)=O)c2O)C(C)(C)C)o1. The Bertz CT molecular complexity index is 1170. The number of aromatic nitrogens is 2. The van der Waals surface area contributed by atoms with Crippen LogP contribution >= 0.6 is 23.3 Å². The summed E-state index contributed by atoms with van der Waals surface area (Å²) in [7, 11) is -4.23. The van der Waals surface area contributed by atoms with Gasteiger partial charge in [0.15, 0.2) is 17.4 Å². The second kappa shape index (κ2) is 8.06. The van der Waals surface area contributed by atoms with Gasteiger partial charge in [-0.25, -0.2) is 13.6 Å². The maximum Gasteiger partial charge on any atom is 0.243 e. The highest BCUT2D eigenvalue weighted by Crippen LogP contribution is 2.41. The number of anilines is 3. The Labute approximate surface area is 183 Å². The van der Waals surface area contributed by atoms with E-state index in [0.717, 1.165) is 23.2 Å². The van der Waals surface area contributed by atoms with Crippen LogP contribution in [-0.4, -0.2) is 22.3 Å². The van der Waals surface area contributed by atoms with E-state index < -0.39 is 20.7 Å². The molecule has 3 rings (SSSR count). The number of nitrogens with zero attached hydrogens (tertiary/aromatic N) is 2. The average Bonchev–Trinajstić information content (AvgIpc) is 3.21. The van der Waals surface area contributed by atoms with Gasteiger partial charge < -0.3 is 20.2 Å². The summed E-state index contributed by atoms with van der Waals surface area (Å²) < 4.78 is 37.8. The minimum absolute atomic E-state index is 0.0697. The van der Waals surface area contributed by atoms with Crippen LogP contribution in [0.5, 0.6) is 5.75 Å². The smallest absolute Gasteiger partial charge is 0.243 e. The van der Waals surface area contributed by atoms with Crippen LogP contribution in [0, 0.1) is 12.3 Å². The molecule has 0 unspecified atom stereocenters. The summed E-state index contributed by atoms with van der Waals surface area (Å²) >= 11 is 6.84. The number of halogens is 1. The highest BCUT2D eigenvalue weighted by atomic mass is 35.5. The fraction of sp³-hybridized carbons (Fsp3) is 0.333. The topological polar surface area (TPSA) is 143 Å². The quantitative estimate of drug-likeness (QED) is 0.387. The largest absolute Gasteiger partial charge is 0.504 e. The van der Waals surface area contributed by atoms with Gasteiger partial charge in [0.2, 0.25) is 10.0 Å². The molecule has 5 N–H and O–H groups in total. The van der Waals surface area contributed by atoms with E-state index in [9.17, 15) is 13.5 Å². The van der Waals surface area contributed by atoms with Crippen LogP contribution in [0.3, 0.4) is 0 Å². The van der Waals surface area contributed by atoms with Crippen LogP contribution in [0.25, 0.3) is 0 Å². The first kappa shape index (κ1) is 22.3. The number of aryl methyl sites for hydroxylation is 1. The van der Waals surface area contributed by atoms with Crippen LogP contribution in [0.1, 0.15) is 38.3 Å². The first-order valence-corrected chi connectivity index (χ1v) is 11.5. The summed E-state index contributed by atoms with van der Waals surface area (Å²) in [6.07, 6.45) is 0. The van der Waals surface area contributed by atoms with Crippen molar-refractivity contribution in [3.8, 4) is 5.75 Å². The van der Waals surface area contributed by atoms with E-state index in [0.29, 0.717) is 11.6 Å². The van der Waals surface area contributed by atoms with Crippen molar-refractivity contribution in [2.75, 3.05) is 10.6 Å². The summed E-state index contributed by atoms with van der Waals surface area (Å²) in [5.41, 5.74) is -0.158. The number of nitrogens with two attached hydrogens (primary N) is 1. The molecule has 2 heterocycles. The van der Waals surface area contributed by atoms with Gasteiger partial charge in [0.25, 0.3) is 0 Å². The molecule has 0 aliphatic heterocycles. The van der Waals surface area contributed by atoms with Gasteiger partial charge in [0, 0.05) is 0 Å². The highest BCUT2D eigenvalue weighted by Gasteiger charge is 2.31. The number of aromatic hydroxyl groups is 1. The van der Waals surface area contributed by atoms with E-state index in [1.54, 1.807) is 0 Å². The fourth-order valence-electron chi connectivity index (χ4n) is 2.87. The van der Waals surface area contributed by atoms with E-state index in [-0.39, 0.29) is 22.2 Å². The van der Waals surface area contributed by atoms with Crippen molar-refractivity contribution in [1.29, 1.82) is 0 Å². The number of nitrogens with one attached hydrogen (secondary N) is 2. The number of rotatable bonds is 6. The number of benzene rings is 1. The van der Waals surface area contributed by atoms with Gasteiger partial charge >= 0.3 is 0 Å². The molecular formula is C18H22ClN5O4S2. The summed E-state index contributed by atoms with van der Waals surface area (Å²) in [6, 6.07) is 6.30. The Hall–Kier alpha value is -2.34. The predicted molar refractivity (Wildman–Crippen MR) is 117 cm³/mol. The Morgan fingerprint density at radius 2 is 1.87 bits per heavy atom. The van der Waals surface area contributed by atoms with Crippen molar-refractivity contribution < 1.29 is 17.9 Å². The molecule has 9 nitrogen and oxygen atoms in total. The molecule has 0 aliphatic carbocycles. The molecule has 0 aliphatic rings. The summed E-state index contributed by atoms with van der Waals surface area (Å²) in [6.45, 7) is 8.03. The molecule has 0 saturated carbocycles. The Morgan fingerprint density at radius 1 is 1.20 bits per heavy atom. The molecule has 0 radical (unpaired) electrons. The zero-order valence-corrected chi connectivity index (χ0v) is 19.1. The maximum atomic E-state index is 11.8. The van der Waals surface area contributed by atoms with Crippen LogP contribution in [0.2, 0.25) is 5.02 Å². The summed E-state index contributed by atoms with van der Waals surface area (Å²) in [4.78, 5) is -0.564. The van der Waals surface area contributed by atoms with Crippen LogP contribution in [0.4, 0.5) is 17.3 Å². The lowest BCUT2D eigenvalue weighted by atomic mass is 9.85. The molecule has 2 aromatic heterocycles. The van der Waals surface area contributed by atoms with Gasteiger partial charge in [0.05, 0.1) is 28.5 Å². The number of furan rings is 1. The molecular weight excluding hydrogens is 450 g/mol. The lowest BCUT2D eigenvalue weighted by Gasteiger charge is -2.30. The minimum Gasteiger partial charge on any atom is -0.504 e. The van der Waals surface area contributed by atoms with Crippen molar-refractivity contribution in [3.05, 3.63) is 40.8 Å². The normalized spacial score (nSPS) is 13.3. The third-order valence-corrected chi connectivity index (χ3v) is 6.24. The fourth-order valence-corrected chi connectivity index (χ4v) is 4.54. The number of primary sulfonamides is 1. The molecule has 3 aromatic rings. The summed E-state index contributed by atoms with van der Waals surface area (Å²) in [5, 5.41) is 21.6. The first-order chi connectivity index (χ1) is 13.9. The van der Waals surface area contributed by atoms with Crippen molar-refractivity contribution in [2.24, 2.45) is 10.6 Å².